The van der Waals surface area contributed by atoms with Crippen molar-refractivity contribution in [2.24, 2.45) is 0 Å². The van der Waals surface area contributed by atoms with Gasteiger partial charge in [-0.25, -0.2) is 0 Å². The summed E-state index contributed by atoms with van der Waals surface area (Å²) in [6.07, 6.45) is 0.567. The van der Waals surface area contributed by atoms with Crippen molar-refractivity contribution in [3.05, 3.63) is 63.7 Å². The predicted molar refractivity (Wildman–Crippen MR) is 104 cm³/mol. The van der Waals surface area contributed by atoms with E-state index in [2.05, 4.69) is 10.6 Å². The lowest BCUT2D eigenvalue weighted by Crippen LogP contribution is -2.36. The van der Waals surface area contributed by atoms with Crippen molar-refractivity contribution in [1.29, 1.82) is 0 Å². The molecule has 8 nitrogen and oxygen atoms in total. The van der Waals surface area contributed by atoms with Gasteiger partial charge in [-0.05, 0) is 42.7 Å². The molecule has 0 aliphatic rings. The summed E-state index contributed by atoms with van der Waals surface area (Å²) in [6, 6.07) is 12.2. The molecule has 8 heteroatoms. The van der Waals surface area contributed by atoms with E-state index in [1.807, 2.05) is 43.3 Å². The number of amides is 2. The molecule has 0 aliphatic heterocycles. The Morgan fingerprint density at radius 1 is 1.07 bits per heavy atom. The van der Waals surface area contributed by atoms with Crippen molar-refractivity contribution in [1.82, 2.24) is 5.32 Å². The minimum atomic E-state index is -0.940. The van der Waals surface area contributed by atoms with Crippen molar-refractivity contribution in [2.45, 2.75) is 13.3 Å². The standard InChI is InChI=1S/C19H22N4O4/c1-13-4-9-16(17(12-13)23(26)27)21-19(25)18(24)20-11-10-14-5-7-15(8-6-14)22(2)3/h4-9,12H,10-11H2,1-3H3,(H,20,24)(H,21,25). The number of nitrogens with one attached hydrogen (secondary N) is 2. The van der Waals surface area contributed by atoms with Crippen molar-refractivity contribution in [3.63, 3.8) is 0 Å². The van der Waals surface area contributed by atoms with Crippen molar-refractivity contribution in [2.75, 3.05) is 30.9 Å². The van der Waals surface area contributed by atoms with Gasteiger partial charge in [0.15, 0.2) is 0 Å². The van der Waals surface area contributed by atoms with Gasteiger partial charge in [0.05, 0.1) is 4.92 Å². The maximum Gasteiger partial charge on any atom is 0.313 e. The molecule has 27 heavy (non-hydrogen) atoms. The van der Waals surface area contributed by atoms with Gasteiger partial charge in [0.1, 0.15) is 5.69 Å². The van der Waals surface area contributed by atoms with E-state index in [4.69, 9.17) is 0 Å². The average molecular weight is 370 g/mol. The van der Waals surface area contributed by atoms with Crippen molar-refractivity contribution < 1.29 is 14.5 Å². The Hall–Kier alpha value is -3.42. The lowest BCUT2D eigenvalue weighted by Gasteiger charge is -2.12. The van der Waals surface area contributed by atoms with Gasteiger partial charge in [-0.2, -0.15) is 0 Å². The van der Waals surface area contributed by atoms with Crippen molar-refractivity contribution in [3.8, 4) is 0 Å². The molecule has 2 N–H and O–H groups in total. The summed E-state index contributed by atoms with van der Waals surface area (Å²) >= 11 is 0. The highest BCUT2D eigenvalue weighted by Gasteiger charge is 2.19. The molecule has 2 aromatic carbocycles. The summed E-state index contributed by atoms with van der Waals surface area (Å²) in [4.78, 5) is 36.4. The van der Waals surface area contributed by atoms with E-state index in [9.17, 15) is 19.7 Å². The van der Waals surface area contributed by atoms with Gasteiger partial charge in [-0.1, -0.05) is 18.2 Å². The van der Waals surface area contributed by atoms with Crippen LogP contribution in [0.25, 0.3) is 0 Å². The lowest BCUT2D eigenvalue weighted by atomic mass is 10.1. The van der Waals surface area contributed by atoms with E-state index in [-0.39, 0.29) is 17.9 Å². The SMILES string of the molecule is Cc1ccc(NC(=O)C(=O)NCCc2ccc(N(C)C)cc2)c([N+](=O)[O-])c1. The molecule has 0 fully saturated rings. The van der Waals surface area contributed by atoms with Gasteiger partial charge in [0.25, 0.3) is 5.69 Å². The summed E-state index contributed by atoms with van der Waals surface area (Å²) in [5.74, 6) is -1.78. The number of hydrogen-bond donors (Lipinski definition) is 2. The van der Waals surface area contributed by atoms with Gasteiger partial charge in [0.2, 0.25) is 0 Å². The summed E-state index contributed by atoms with van der Waals surface area (Å²) in [7, 11) is 3.90. The van der Waals surface area contributed by atoms with Crippen molar-refractivity contribution >= 4 is 28.9 Å². The Kier molecular flexibility index (Phi) is 6.48. The molecule has 0 aliphatic carbocycles. The number of carbonyl (C=O) groups is 2. The highest BCUT2D eigenvalue weighted by molar-refractivity contribution is 6.39. The number of nitro groups is 1. The van der Waals surface area contributed by atoms with Crippen LogP contribution in [0.4, 0.5) is 17.1 Å². The number of hydrogen-bond acceptors (Lipinski definition) is 5. The quantitative estimate of drug-likeness (QED) is 0.461. The second-order valence-electron chi connectivity index (χ2n) is 6.30. The van der Waals surface area contributed by atoms with E-state index in [0.29, 0.717) is 12.0 Å². The van der Waals surface area contributed by atoms with Crippen LogP contribution in [0.5, 0.6) is 0 Å². The minimum absolute atomic E-state index is 0.00924. The Bertz CT molecular complexity index is 847. The maximum atomic E-state index is 12.0. The number of nitro benzene ring substituents is 1. The monoisotopic (exact) mass is 370 g/mol. The maximum absolute atomic E-state index is 12.0. The third-order valence-electron chi connectivity index (χ3n) is 3.96. The first kappa shape index (κ1) is 19.9. The van der Waals surface area contributed by atoms with Crippen LogP contribution >= 0.6 is 0 Å². The average Bonchev–Trinajstić information content (AvgIpc) is 2.63. The molecule has 0 saturated carbocycles. The van der Waals surface area contributed by atoms with Crippen LogP contribution in [-0.2, 0) is 16.0 Å². The van der Waals surface area contributed by atoms with E-state index in [1.54, 1.807) is 13.0 Å². The van der Waals surface area contributed by atoms with E-state index in [0.717, 1.165) is 11.3 Å². The Balaban J connectivity index is 1.89. The van der Waals surface area contributed by atoms with Gasteiger partial charge in [-0.15, -0.1) is 0 Å². The van der Waals surface area contributed by atoms with Gasteiger partial charge in [-0.3, -0.25) is 19.7 Å². The van der Waals surface area contributed by atoms with E-state index in [1.165, 1.54) is 12.1 Å². The van der Waals surface area contributed by atoms with Crippen LogP contribution in [0.15, 0.2) is 42.5 Å². The van der Waals surface area contributed by atoms with Gasteiger partial charge < -0.3 is 15.5 Å². The Morgan fingerprint density at radius 2 is 1.74 bits per heavy atom. The number of anilines is 2. The summed E-state index contributed by atoms with van der Waals surface area (Å²) in [6.45, 7) is 1.99. The molecule has 2 amide bonds. The molecular formula is C19H22N4O4. The van der Waals surface area contributed by atoms with E-state index < -0.39 is 16.7 Å². The van der Waals surface area contributed by atoms with Gasteiger partial charge >= 0.3 is 11.8 Å². The zero-order valence-electron chi connectivity index (χ0n) is 15.5. The second-order valence-corrected chi connectivity index (χ2v) is 6.30. The summed E-state index contributed by atoms with van der Waals surface area (Å²) in [5, 5.41) is 15.9. The number of aryl methyl sites for hydroxylation is 1. The molecule has 0 radical (unpaired) electrons. The molecule has 0 unspecified atom stereocenters. The number of nitrogens with zero attached hydrogens (tertiary/aromatic N) is 2. The molecule has 142 valence electrons. The molecule has 0 saturated heterocycles. The molecule has 2 rings (SSSR count). The Morgan fingerprint density at radius 3 is 2.33 bits per heavy atom. The zero-order chi connectivity index (χ0) is 20.0. The van der Waals surface area contributed by atoms with Crippen LogP contribution in [0.1, 0.15) is 11.1 Å². The van der Waals surface area contributed by atoms with Gasteiger partial charge in [0, 0.05) is 32.4 Å². The molecule has 0 spiro atoms. The van der Waals surface area contributed by atoms with Crippen LogP contribution in [0.3, 0.4) is 0 Å². The highest BCUT2D eigenvalue weighted by atomic mass is 16.6. The molecule has 2 aromatic rings. The van der Waals surface area contributed by atoms with E-state index >= 15 is 0 Å². The fourth-order valence-corrected chi connectivity index (χ4v) is 2.44. The molecule has 0 heterocycles. The van der Waals surface area contributed by atoms with Crippen LogP contribution < -0.4 is 15.5 Å². The first-order valence-electron chi connectivity index (χ1n) is 8.38. The topological polar surface area (TPSA) is 105 Å². The molecular weight excluding hydrogens is 348 g/mol. The molecule has 0 atom stereocenters. The second kappa shape index (κ2) is 8.79. The first-order valence-corrected chi connectivity index (χ1v) is 8.38. The summed E-state index contributed by atoms with van der Waals surface area (Å²) < 4.78 is 0. The zero-order valence-corrected chi connectivity index (χ0v) is 15.5. The third-order valence-corrected chi connectivity index (χ3v) is 3.96. The highest BCUT2D eigenvalue weighted by Crippen LogP contribution is 2.25. The fraction of sp³-hybridized carbons (Fsp3) is 0.263. The normalized spacial score (nSPS) is 10.2. The summed E-state index contributed by atoms with van der Waals surface area (Å²) in [5.41, 5.74) is 2.52. The smallest absolute Gasteiger partial charge is 0.313 e. The van der Waals surface area contributed by atoms with Crippen LogP contribution in [0, 0.1) is 17.0 Å². The molecule has 0 bridgehead atoms. The fourth-order valence-electron chi connectivity index (χ4n) is 2.44. The minimum Gasteiger partial charge on any atom is -0.378 e. The predicted octanol–water partition coefficient (Wildman–Crippen LogP) is 2.27. The molecule has 0 aromatic heterocycles. The number of rotatable bonds is 6. The largest absolute Gasteiger partial charge is 0.378 e. The Labute approximate surface area is 157 Å². The number of carbonyl (C=O) groups excluding carboxylic acids is 2. The number of benzene rings is 2. The van der Waals surface area contributed by atoms with Crippen LogP contribution in [0.2, 0.25) is 0 Å². The first-order chi connectivity index (χ1) is 12.8. The van der Waals surface area contributed by atoms with Crippen LogP contribution in [-0.4, -0.2) is 37.4 Å². The third kappa shape index (κ3) is 5.53. The lowest BCUT2D eigenvalue weighted by molar-refractivity contribution is -0.384.